The van der Waals surface area contributed by atoms with Crippen molar-refractivity contribution in [3.8, 4) is 0 Å². The third-order valence-corrected chi connectivity index (χ3v) is 3.20. The molecule has 0 aliphatic heterocycles. The van der Waals surface area contributed by atoms with E-state index in [4.69, 9.17) is 5.73 Å². The maximum absolute atomic E-state index is 13.0. The summed E-state index contributed by atoms with van der Waals surface area (Å²) in [7, 11) is 0. The average Bonchev–Trinajstić information content (AvgIpc) is 2.27. The number of benzene rings is 1. The van der Waals surface area contributed by atoms with Gasteiger partial charge in [0.05, 0.1) is 0 Å². The van der Waals surface area contributed by atoms with Gasteiger partial charge in [0.2, 0.25) is 0 Å². The van der Waals surface area contributed by atoms with Gasteiger partial charge in [-0.3, -0.25) is 4.79 Å². The van der Waals surface area contributed by atoms with E-state index < -0.39 is 0 Å². The lowest BCUT2D eigenvalue weighted by Gasteiger charge is -2.13. The van der Waals surface area contributed by atoms with Crippen LogP contribution in [-0.2, 0) is 0 Å². The van der Waals surface area contributed by atoms with Gasteiger partial charge in [0.1, 0.15) is 5.82 Å². The van der Waals surface area contributed by atoms with Crippen molar-refractivity contribution in [3.05, 3.63) is 35.1 Å². The summed E-state index contributed by atoms with van der Waals surface area (Å²) in [5.74, 6) is -0.237. The van der Waals surface area contributed by atoms with Gasteiger partial charge in [-0.15, -0.1) is 0 Å². The first-order valence-electron chi connectivity index (χ1n) is 6.47. The SMILES string of the molecule is Cc1cc(F)ccc1C(=O)C(C)CCCC(C)N. The van der Waals surface area contributed by atoms with Crippen LogP contribution >= 0.6 is 0 Å². The molecule has 0 fully saturated rings. The third-order valence-electron chi connectivity index (χ3n) is 3.20. The van der Waals surface area contributed by atoms with Gasteiger partial charge in [0, 0.05) is 17.5 Å². The molecule has 2 N–H and O–H groups in total. The van der Waals surface area contributed by atoms with E-state index in [-0.39, 0.29) is 23.6 Å². The third kappa shape index (κ3) is 4.22. The molecule has 1 aromatic rings. The second kappa shape index (κ2) is 6.64. The van der Waals surface area contributed by atoms with Crippen molar-refractivity contribution >= 4 is 5.78 Å². The molecule has 1 rings (SSSR count). The van der Waals surface area contributed by atoms with Gasteiger partial charge in [-0.2, -0.15) is 0 Å². The molecule has 0 heterocycles. The van der Waals surface area contributed by atoms with Gasteiger partial charge in [-0.1, -0.05) is 13.3 Å². The Labute approximate surface area is 108 Å². The largest absolute Gasteiger partial charge is 0.328 e. The summed E-state index contributed by atoms with van der Waals surface area (Å²) in [6.45, 7) is 5.66. The van der Waals surface area contributed by atoms with Crippen LogP contribution in [0.25, 0.3) is 0 Å². The summed E-state index contributed by atoms with van der Waals surface area (Å²) >= 11 is 0. The van der Waals surface area contributed by atoms with Crippen molar-refractivity contribution in [2.45, 2.75) is 46.1 Å². The zero-order valence-corrected chi connectivity index (χ0v) is 11.4. The second-order valence-corrected chi connectivity index (χ2v) is 5.13. The van der Waals surface area contributed by atoms with Crippen molar-refractivity contribution < 1.29 is 9.18 Å². The van der Waals surface area contributed by atoms with Crippen LogP contribution in [0, 0.1) is 18.7 Å². The number of nitrogens with two attached hydrogens (primary N) is 1. The molecule has 0 saturated heterocycles. The van der Waals surface area contributed by atoms with E-state index in [2.05, 4.69) is 0 Å². The summed E-state index contributed by atoms with van der Waals surface area (Å²) in [4.78, 5) is 12.2. The van der Waals surface area contributed by atoms with Gasteiger partial charge < -0.3 is 5.73 Å². The molecule has 2 nitrogen and oxygen atoms in total. The minimum Gasteiger partial charge on any atom is -0.328 e. The van der Waals surface area contributed by atoms with E-state index in [0.717, 1.165) is 19.3 Å². The molecule has 0 aliphatic rings. The lowest BCUT2D eigenvalue weighted by Crippen LogP contribution is -2.17. The molecule has 1 aromatic carbocycles. The molecule has 2 unspecified atom stereocenters. The molecule has 100 valence electrons. The standard InChI is InChI=1S/C15H22FNO/c1-10(5-4-6-12(3)17)15(18)14-8-7-13(16)9-11(14)2/h7-10,12H,4-6,17H2,1-3H3. The first-order chi connectivity index (χ1) is 8.41. The number of halogens is 1. The Hall–Kier alpha value is -1.22. The molecule has 2 atom stereocenters. The van der Waals surface area contributed by atoms with Crippen LogP contribution in [0.4, 0.5) is 4.39 Å². The van der Waals surface area contributed by atoms with Crippen LogP contribution in [0.3, 0.4) is 0 Å². The number of hydrogen-bond acceptors (Lipinski definition) is 2. The summed E-state index contributed by atoms with van der Waals surface area (Å²) < 4.78 is 13.0. The van der Waals surface area contributed by atoms with Crippen LogP contribution in [0.2, 0.25) is 0 Å². The van der Waals surface area contributed by atoms with Crippen LogP contribution in [0.1, 0.15) is 49.0 Å². The molecule has 18 heavy (non-hydrogen) atoms. The highest BCUT2D eigenvalue weighted by Gasteiger charge is 2.17. The van der Waals surface area contributed by atoms with E-state index in [0.29, 0.717) is 11.1 Å². The van der Waals surface area contributed by atoms with Gasteiger partial charge >= 0.3 is 0 Å². The second-order valence-electron chi connectivity index (χ2n) is 5.13. The Bertz CT molecular complexity index is 415. The molecule has 0 amide bonds. The first-order valence-corrected chi connectivity index (χ1v) is 6.47. The summed E-state index contributed by atoms with van der Waals surface area (Å²) in [5.41, 5.74) is 7.02. The number of carbonyl (C=O) groups is 1. The number of aryl methyl sites for hydroxylation is 1. The number of Topliss-reactive ketones (excluding diaryl/α,β-unsaturated/α-hetero) is 1. The Balaban J connectivity index is 2.63. The summed E-state index contributed by atoms with van der Waals surface area (Å²) in [6.07, 6.45) is 2.71. The lowest BCUT2D eigenvalue weighted by atomic mass is 9.91. The van der Waals surface area contributed by atoms with E-state index >= 15 is 0 Å². The molecular formula is C15H22FNO. The van der Waals surface area contributed by atoms with Crippen LogP contribution in [0.5, 0.6) is 0 Å². The number of hydrogen-bond donors (Lipinski definition) is 1. The Morgan fingerprint density at radius 3 is 2.56 bits per heavy atom. The molecule has 3 heteroatoms. The summed E-state index contributed by atoms with van der Waals surface area (Å²) in [6, 6.07) is 4.51. The fourth-order valence-electron chi connectivity index (χ4n) is 2.05. The van der Waals surface area contributed by atoms with E-state index in [1.165, 1.54) is 12.1 Å². The molecule has 0 aliphatic carbocycles. The minimum absolute atomic E-state index is 0.0343. The maximum Gasteiger partial charge on any atom is 0.165 e. The smallest absolute Gasteiger partial charge is 0.165 e. The van der Waals surface area contributed by atoms with Gasteiger partial charge in [0.25, 0.3) is 0 Å². The van der Waals surface area contributed by atoms with E-state index in [1.807, 2.05) is 13.8 Å². The highest BCUT2D eigenvalue weighted by atomic mass is 19.1. The number of ketones is 1. The zero-order valence-electron chi connectivity index (χ0n) is 11.4. The summed E-state index contributed by atoms with van der Waals surface area (Å²) in [5, 5.41) is 0. The van der Waals surface area contributed by atoms with Gasteiger partial charge in [-0.05, 0) is 50.5 Å². The molecule has 0 saturated carbocycles. The molecule has 0 radical (unpaired) electrons. The highest BCUT2D eigenvalue weighted by molar-refractivity contribution is 5.98. The Morgan fingerprint density at radius 2 is 2.00 bits per heavy atom. The monoisotopic (exact) mass is 251 g/mol. The lowest BCUT2D eigenvalue weighted by molar-refractivity contribution is 0.0921. The zero-order chi connectivity index (χ0) is 13.7. The van der Waals surface area contributed by atoms with Crippen molar-refractivity contribution in [1.29, 1.82) is 0 Å². The predicted molar refractivity (Wildman–Crippen MR) is 72.1 cm³/mol. The fraction of sp³-hybridized carbons (Fsp3) is 0.533. The fourth-order valence-corrected chi connectivity index (χ4v) is 2.05. The topological polar surface area (TPSA) is 43.1 Å². The molecular weight excluding hydrogens is 229 g/mol. The Kier molecular flexibility index (Phi) is 5.48. The molecule has 0 spiro atoms. The van der Waals surface area contributed by atoms with Gasteiger partial charge in [-0.25, -0.2) is 4.39 Å². The van der Waals surface area contributed by atoms with Crippen LogP contribution < -0.4 is 5.73 Å². The van der Waals surface area contributed by atoms with Crippen LogP contribution in [0.15, 0.2) is 18.2 Å². The van der Waals surface area contributed by atoms with Crippen molar-refractivity contribution in [2.75, 3.05) is 0 Å². The predicted octanol–water partition coefficient (Wildman–Crippen LogP) is 3.47. The van der Waals surface area contributed by atoms with E-state index in [9.17, 15) is 9.18 Å². The maximum atomic E-state index is 13.0. The van der Waals surface area contributed by atoms with Crippen molar-refractivity contribution in [3.63, 3.8) is 0 Å². The molecule has 0 bridgehead atoms. The van der Waals surface area contributed by atoms with Gasteiger partial charge in [0.15, 0.2) is 5.78 Å². The first kappa shape index (κ1) is 14.8. The van der Waals surface area contributed by atoms with Crippen molar-refractivity contribution in [2.24, 2.45) is 11.7 Å². The van der Waals surface area contributed by atoms with Crippen LogP contribution in [-0.4, -0.2) is 11.8 Å². The number of carbonyl (C=O) groups excluding carboxylic acids is 1. The van der Waals surface area contributed by atoms with Crippen molar-refractivity contribution in [1.82, 2.24) is 0 Å². The van der Waals surface area contributed by atoms with E-state index in [1.54, 1.807) is 13.0 Å². The normalized spacial score (nSPS) is 14.3. The Morgan fingerprint density at radius 1 is 1.33 bits per heavy atom. The minimum atomic E-state index is -0.298. The highest BCUT2D eigenvalue weighted by Crippen LogP contribution is 2.19. The average molecular weight is 251 g/mol. The number of rotatable bonds is 6. The molecule has 0 aromatic heterocycles. The quantitative estimate of drug-likeness (QED) is 0.787.